The molecule has 7 heteroatoms. The Morgan fingerprint density at radius 3 is 2.31 bits per heavy atom. The number of aldehydes is 1. The van der Waals surface area contributed by atoms with Crippen molar-refractivity contribution in [1.29, 1.82) is 0 Å². The Hall–Kier alpha value is -2.74. The van der Waals surface area contributed by atoms with E-state index in [1.165, 1.54) is 0 Å². The zero-order valence-electron chi connectivity index (χ0n) is 22.4. The summed E-state index contributed by atoms with van der Waals surface area (Å²) in [4.78, 5) is 24.0. The van der Waals surface area contributed by atoms with Gasteiger partial charge in [-0.3, -0.25) is 0 Å². The summed E-state index contributed by atoms with van der Waals surface area (Å²) in [6.07, 6.45) is 0.788. The fourth-order valence-corrected chi connectivity index (χ4v) is 3.91. The highest BCUT2D eigenvalue weighted by atomic mass is 16.6. The predicted molar refractivity (Wildman–Crippen MR) is 142 cm³/mol. The molecule has 2 aromatic rings. The van der Waals surface area contributed by atoms with E-state index in [1.807, 2.05) is 89.2 Å². The first-order valence-electron chi connectivity index (χ1n) is 12.5. The molecule has 0 bridgehead atoms. The molecule has 36 heavy (non-hydrogen) atoms. The molecule has 0 fully saturated rings. The number of rotatable bonds is 13. The van der Waals surface area contributed by atoms with Crippen LogP contribution in [0, 0.1) is 11.8 Å². The van der Waals surface area contributed by atoms with E-state index in [4.69, 9.17) is 19.9 Å². The van der Waals surface area contributed by atoms with Crippen molar-refractivity contribution in [2.75, 3.05) is 13.7 Å². The van der Waals surface area contributed by atoms with E-state index < -0.39 is 11.7 Å². The van der Waals surface area contributed by atoms with Gasteiger partial charge in [-0.2, -0.15) is 0 Å². The molecule has 0 aliphatic rings. The van der Waals surface area contributed by atoms with Crippen LogP contribution in [0.2, 0.25) is 0 Å². The number of hydrogen-bond acceptors (Lipinski definition) is 6. The Bertz CT molecular complexity index is 942. The summed E-state index contributed by atoms with van der Waals surface area (Å²) in [5, 5.41) is 3.00. The van der Waals surface area contributed by atoms with Gasteiger partial charge in [0.15, 0.2) is 0 Å². The molecule has 0 saturated carbocycles. The van der Waals surface area contributed by atoms with Gasteiger partial charge in [0.1, 0.15) is 11.9 Å². The number of hydrogen-bond donors (Lipinski definition) is 2. The first-order chi connectivity index (χ1) is 17.0. The number of carbonyl (C=O) groups is 2. The van der Waals surface area contributed by atoms with Crippen LogP contribution in [-0.4, -0.2) is 43.8 Å². The number of nitrogens with one attached hydrogen (secondary N) is 1. The molecular weight excluding hydrogens is 456 g/mol. The van der Waals surface area contributed by atoms with Gasteiger partial charge in [-0.15, -0.1) is 0 Å². The van der Waals surface area contributed by atoms with Gasteiger partial charge in [-0.25, -0.2) is 4.79 Å². The van der Waals surface area contributed by atoms with Crippen molar-refractivity contribution in [3.05, 3.63) is 71.3 Å². The Morgan fingerprint density at radius 2 is 1.72 bits per heavy atom. The summed E-state index contributed by atoms with van der Waals surface area (Å²) in [5.41, 5.74) is 8.54. The lowest BCUT2D eigenvalue weighted by Crippen LogP contribution is -2.41. The number of benzene rings is 2. The largest absolute Gasteiger partial charge is 0.444 e. The van der Waals surface area contributed by atoms with Gasteiger partial charge in [0.05, 0.1) is 31.4 Å². The Morgan fingerprint density at radius 1 is 1.06 bits per heavy atom. The predicted octanol–water partition coefficient (Wildman–Crippen LogP) is 5.02. The molecule has 0 heterocycles. The van der Waals surface area contributed by atoms with E-state index in [0.29, 0.717) is 19.6 Å². The molecule has 2 rings (SSSR count). The normalized spacial score (nSPS) is 15.1. The second kappa shape index (κ2) is 14.1. The van der Waals surface area contributed by atoms with Gasteiger partial charge in [0, 0.05) is 13.0 Å². The summed E-state index contributed by atoms with van der Waals surface area (Å²) in [6.45, 7) is 10.2. The lowest BCUT2D eigenvalue weighted by atomic mass is 9.89. The van der Waals surface area contributed by atoms with Crippen LogP contribution in [0.1, 0.15) is 63.8 Å². The van der Waals surface area contributed by atoms with E-state index in [1.54, 1.807) is 7.11 Å². The molecule has 0 aliphatic heterocycles. The van der Waals surface area contributed by atoms with Crippen LogP contribution < -0.4 is 11.1 Å². The lowest BCUT2D eigenvalue weighted by molar-refractivity contribution is -0.113. The highest BCUT2D eigenvalue weighted by Crippen LogP contribution is 2.24. The van der Waals surface area contributed by atoms with Crippen LogP contribution in [0.5, 0.6) is 0 Å². The fraction of sp³-hybridized carbons (Fsp3) is 0.517. The first kappa shape index (κ1) is 29.5. The number of nitrogens with two attached hydrogens (primary N) is 1. The zero-order valence-corrected chi connectivity index (χ0v) is 22.4. The van der Waals surface area contributed by atoms with Gasteiger partial charge in [0.2, 0.25) is 0 Å². The molecule has 0 saturated heterocycles. The van der Waals surface area contributed by atoms with Crippen molar-refractivity contribution in [2.24, 2.45) is 17.6 Å². The van der Waals surface area contributed by atoms with E-state index in [0.717, 1.165) is 23.0 Å². The minimum absolute atomic E-state index is 0.106. The first-order valence-corrected chi connectivity index (χ1v) is 12.5. The summed E-state index contributed by atoms with van der Waals surface area (Å²) in [6, 6.07) is 16.9. The monoisotopic (exact) mass is 498 g/mol. The molecule has 1 amide bonds. The van der Waals surface area contributed by atoms with Crippen LogP contribution in [-0.2, 0) is 25.6 Å². The number of methoxy groups -OCH3 is 1. The van der Waals surface area contributed by atoms with Crippen molar-refractivity contribution in [3.8, 4) is 0 Å². The maximum absolute atomic E-state index is 12.6. The number of carbonyl (C=O) groups excluding carboxylic acids is 2. The van der Waals surface area contributed by atoms with Gasteiger partial charge in [-0.1, -0.05) is 68.4 Å². The topological polar surface area (TPSA) is 99.9 Å². The highest BCUT2D eigenvalue weighted by molar-refractivity contribution is 5.69. The van der Waals surface area contributed by atoms with Crippen molar-refractivity contribution >= 4 is 12.4 Å². The molecule has 4 atom stereocenters. The third kappa shape index (κ3) is 9.72. The Kier molecular flexibility index (Phi) is 11.6. The van der Waals surface area contributed by atoms with Crippen LogP contribution in [0.3, 0.4) is 0 Å². The van der Waals surface area contributed by atoms with Crippen molar-refractivity contribution in [3.63, 3.8) is 0 Å². The minimum Gasteiger partial charge on any atom is -0.444 e. The molecular formula is C29H42N2O5. The Balaban J connectivity index is 2.08. The van der Waals surface area contributed by atoms with Crippen LogP contribution in [0.25, 0.3) is 0 Å². The van der Waals surface area contributed by atoms with Crippen LogP contribution in [0.4, 0.5) is 4.79 Å². The smallest absolute Gasteiger partial charge is 0.408 e. The van der Waals surface area contributed by atoms with Crippen LogP contribution in [0.15, 0.2) is 54.6 Å². The zero-order chi connectivity index (χ0) is 26.7. The number of ether oxygens (including phenoxy) is 3. The van der Waals surface area contributed by atoms with Gasteiger partial charge in [0.25, 0.3) is 0 Å². The van der Waals surface area contributed by atoms with Crippen molar-refractivity contribution in [2.45, 2.75) is 71.4 Å². The van der Waals surface area contributed by atoms with E-state index in [-0.39, 0.29) is 30.0 Å². The lowest BCUT2D eigenvalue weighted by Gasteiger charge is -2.26. The highest BCUT2D eigenvalue weighted by Gasteiger charge is 2.25. The average Bonchev–Trinajstić information content (AvgIpc) is 2.82. The van der Waals surface area contributed by atoms with Gasteiger partial charge >= 0.3 is 6.09 Å². The SMILES string of the molecule is COC(CC(C=O)C(C)C)C(N)COCc1cccc(C(NC(=O)OC(C)(C)C)c2ccccc2)c1. The summed E-state index contributed by atoms with van der Waals surface area (Å²) < 4.78 is 17.0. The molecule has 3 N–H and O–H groups in total. The van der Waals surface area contributed by atoms with E-state index in [2.05, 4.69) is 5.32 Å². The van der Waals surface area contributed by atoms with Crippen LogP contribution >= 0.6 is 0 Å². The van der Waals surface area contributed by atoms with Gasteiger partial charge in [-0.05, 0) is 49.8 Å². The van der Waals surface area contributed by atoms with Gasteiger partial charge < -0.3 is 30.1 Å². The quantitative estimate of drug-likeness (QED) is 0.376. The molecule has 0 spiro atoms. The minimum atomic E-state index is -0.596. The number of alkyl carbamates (subject to hydrolysis) is 1. The van der Waals surface area contributed by atoms with Crippen molar-refractivity contribution < 1.29 is 23.8 Å². The maximum Gasteiger partial charge on any atom is 0.408 e. The van der Waals surface area contributed by atoms with E-state index >= 15 is 0 Å². The second-order valence-corrected chi connectivity index (χ2v) is 10.5. The third-order valence-electron chi connectivity index (χ3n) is 5.97. The maximum atomic E-state index is 12.6. The molecule has 198 valence electrons. The number of amides is 1. The van der Waals surface area contributed by atoms with Crippen molar-refractivity contribution in [1.82, 2.24) is 5.32 Å². The molecule has 0 aromatic heterocycles. The summed E-state index contributed by atoms with van der Waals surface area (Å²) in [7, 11) is 1.61. The second-order valence-electron chi connectivity index (χ2n) is 10.5. The molecule has 4 unspecified atom stereocenters. The average molecular weight is 499 g/mol. The third-order valence-corrected chi connectivity index (χ3v) is 5.97. The summed E-state index contributed by atoms with van der Waals surface area (Å²) >= 11 is 0. The molecule has 2 aromatic carbocycles. The standard InChI is InChI=1S/C29H42N2O5/c1-20(2)24(17-32)16-26(34-6)25(30)19-35-18-21-11-10-14-23(15-21)27(22-12-8-7-9-13-22)31-28(33)36-29(3,4)5/h7-15,17,20,24-27H,16,18-19,30H2,1-6H3,(H,31,33). The summed E-state index contributed by atoms with van der Waals surface area (Å²) in [5.74, 6) is 0.118. The fourth-order valence-electron chi connectivity index (χ4n) is 3.91. The molecule has 0 aliphatic carbocycles. The van der Waals surface area contributed by atoms with E-state index in [9.17, 15) is 9.59 Å². The molecule has 0 radical (unpaired) electrons. The molecule has 7 nitrogen and oxygen atoms in total. The Labute approximate surface area is 215 Å².